The van der Waals surface area contributed by atoms with Crippen LogP contribution in [-0.2, 0) is 10.0 Å². The molecule has 0 atom stereocenters. The molecule has 0 unspecified atom stereocenters. The molecule has 0 aliphatic carbocycles. The van der Waals surface area contributed by atoms with E-state index in [9.17, 15) is 13.2 Å². The lowest BCUT2D eigenvalue weighted by molar-refractivity contribution is 0.102. The number of anilines is 1. The van der Waals surface area contributed by atoms with Gasteiger partial charge in [0.05, 0.1) is 15.5 Å². The van der Waals surface area contributed by atoms with Crippen molar-refractivity contribution in [3.63, 3.8) is 0 Å². The number of nitrogens with one attached hydrogen (secondary N) is 1. The maximum atomic E-state index is 12.8. The summed E-state index contributed by atoms with van der Waals surface area (Å²) in [7, 11) is -3.62. The molecule has 0 aliphatic rings. The predicted octanol–water partition coefficient (Wildman–Crippen LogP) is 5.11. The van der Waals surface area contributed by atoms with Crippen LogP contribution >= 0.6 is 23.2 Å². The third-order valence-electron chi connectivity index (χ3n) is 4.67. The van der Waals surface area contributed by atoms with Crippen molar-refractivity contribution in [2.45, 2.75) is 31.6 Å². The van der Waals surface area contributed by atoms with Crippen molar-refractivity contribution in [3.8, 4) is 11.5 Å². The number of nitrogens with zero attached hydrogens (tertiary/aromatic N) is 3. The summed E-state index contributed by atoms with van der Waals surface area (Å²) in [5.41, 5.74) is 0.673. The molecule has 0 fully saturated rings. The lowest BCUT2D eigenvalue weighted by Crippen LogP contribution is -2.31. The fourth-order valence-corrected chi connectivity index (χ4v) is 4.78. The van der Waals surface area contributed by atoms with Crippen molar-refractivity contribution < 1.29 is 17.6 Å². The second kappa shape index (κ2) is 10.4. The average Bonchev–Trinajstić information content (AvgIpc) is 3.24. The van der Waals surface area contributed by atoms with Gasteiger partial charge in [0.1, 0.15) is 0 Å². The molecule has 0 spiro atoms. The number of rotatable bonds is 9. The molecule has 1 N–H and O–H groups in total. The minimum absolute atomic E-state index is 0.0981. The van der Waals surface area contributed by atoms with E-state index in [-0.39, 0.29) is 22.4 Å². The molecule has 11 heteroatoms. The Morgan fingerprint density at radius 3 is 2.47 bits per heavy atom. The lowest BCUT2D eigenvalue weighted by Gasteiger charge is -2.20. The summed E-state index contributed by atoms with van der Waals surface area (Å²) >= 11 is 12.1. The number of amides is 1. The van der Waals surface area contributed by atoms with Gasteiger partial charge in [0.25, 0.3) is 11.8 Å². The van der Waals surface area contributed by atoms with Gasteiger partial charge in [-0.2, -0.15) is 4.31 Å². The molecule has 1 amide bonds. The van der Waals surface area contributed by atoms with E-state index >= 15 is 0 Å². The summed E-state index contributed by atoms with van der Waals surface area (Å²) in [6.07, 6.45) is 1.67. The summed E-state index contributed by atoms with van der Waals surface area (Å²) in [5, 5.41) is 11.0. The molecule has 1 aromatic heterocycles. The van der Waals surface area contributed by atoms with E-state index in [2.05, 4.69) is 15.5 Å². The van der Waals surface area contributed by atoms with Crippen LogP contribution in [0.4, 0.5) is 6.01 Å². The molecule has 0 saturated carbocycles. The molecule has 3 rings (SSSR count). The molecular formula is C21H22Cl2N4O4S. The van der Waals surface area contributed by atoms with Crippen molar-refractivity contribution in [3.05, 3.63) is 58.1 Å². The van der Waals surface area contributed by atoms with Crippen LogP contribution in [0.2, 0.25) is 10.0 Å². The van der Waals surface area contributed by atoms with E-state index in [1.54, 1.807) is 25.1 Å². The Labute approximate surface area is 196 Å². The number of carbonyl (C=O) groups is 1. The summed E-state index contributed by atoms with van der Waals surface area (Å²) in [5.74, 6) is -0.430. The fraction of sp³-hybridized carbons (Fsp3) is 0.286. The number of halogens is 2. The van der Waals surface area contributed by atoms with Crippen LogP contribution in [0.25, 0.3) is 11.5 Å². The van der Waals surface area contributed by atoms with Crippen LogP contribution < -0.4 is 5.32 Å². The molecule has 32 heavy (non-hydrogen) atoms. The molecule has 3 aromatic rings. The highest BCUT2D eigenvalue weighted by molar-refractivity contribution is 7.89. The van der Waals surface area contributed by atoms with Gasteiger partial charge in [-0.3, -0.25) is 10.1 Å². The first kappa shape index (κ1) is 24.2. The minimum atomic E-state index is -3.62. The van der Waals surface area contributed by atoms with Crippen LogP contribution in [-0.4, -0.2) is 41.9 Å². The second-order valence-electron chi connectivity index (χ2n) is 6.87. The summed E-state index contributed by atoms with van der Waals surface area (Å²) in [4.78, 5) is 12.7. The maximum Gasteiger partial charge on any atom is 0.322 e. The normalized spacial score (nSPS) is 11.7. The average molecular weight is 497 g/mol. The summed E-state index contributed by atoms with van der Waals surface area (Å²) < 4.78 is 32.5. The van der Waals surface area contributed by atoms with Gasteiger partial charge in [-0.1, -0.05) is 48.6 Å². The topological polar surface area (TPSA) is 105 Å². The summed E-state index contributed by atoms with van der Waals surface area (Å²) in [6, 6.07) is 10.3. The van der Waals surface area contributed by atoms with E-state index in [0.717, 1.165) is 12.8 Å². The number of aromatic nitrogens is 2. The van der Waals surface area contributed by atoms with Crippen LogP contribution in [0.5, 0.6) is 0 Å². The molecule has 0 bridgehead atoms. The maximum absolute atomic E-state index is 12.8. The van der Waals surface area contributed by atoms with Crippen LogP contribution in [0, 0.1) is 0 Å². The van der Waals surface area contributed by atoms with Gasteiger partial charge < -0.3 is 4.42 Å². The van der Waals surface area contributed by atoms with Gasteiger partial charge in [-0.25, -0.2) is 8.42 Å². The molecule has 0 radical (unpaired) electrons. The van der Waals surface area contributed by atoms with Crippen molar-refractivity contribution in [1.29, 1.82) is 0 Å². The highest BCUT2D eigenvalue weighted by Gasteiger charge is 2.23. The monoisotopic (exact) mass is 496 g/mol. The molecular weight excluding hydrogens is 475 g/mol. The first-order chi connectivity index (χ1) is 15.3. The van der Waals surface area contributed by atoms with Crippen molar-refractivity contribution in [2.24, 2.45) is 0 Å². The minimum Gasteiger partial charge on any atom is -0.403 e. The van der Waals surface area contributed by atoms with Gasteiger partial charge in [0, 0.05) is 23.7 Å². The van der Waals surface area contributed by atoms with Gasteiger partial charge in [-0.05, 0) is 48.9 Å². The number of carbonyl (C=O) groups excluding carboxylic acids is 1. The van der Waals surface area contributed by atoms with Crippen molar-refractivity contribution in [2.75, 3.05) is 18.4 Å². The Morgan fingerprint density at radius 2 is 1.81 bits per heavy atom. The first-order valence-corrected chi connectivity index (χ1v) is 12.2. The SMILES string of the molecule is CCCCN(CC)S(=O)(=O)c1ccc(C(=O)Nc2nnc(-c3cc(Cl)ccc3Cl)o2)cc1. The van der Waals surface area contributed by atoms with Gasteiger partial charge in [-0.15, -0.1) is 5.10 Å². The third-order valence-corrected chi connectivity index (χ3v) is 7.23. The quantitative estimate of drug-likeness (QED) is 0.441. The Bertz CT molecular complexity index is 1200. The highest BCUT2D eigenvalue weighted by Crippen LogP contribution is 2.30. The predicted molar refractivity (Wildman–Crippen MR) is 123 cm³/mol. The van der Waals surface area contributed by atoms with Crippen molar-refractivity contribution >= 4 is 45.1 Å². The number of sulfonamides is 1. The van der Waals surface area contributed by atoms with E-state index in [0.29, 0.717) is 28.7 Å². The Hall–Kier alpha value is -2.46. The number of unbranched alkanes of at least 4 members (excludes halogenated alkanes) is 1. The zero-order chi connectivity index (χ0) is 23.3. The first-order valence-electron chi connectivity index (χ1n) is 9.96. The van der Waals surface area contributed by atoms with Gasteiger partial charge in [0.2, 0.25) is 10.0 Å². The molecule has 1 heterocycles. The lowest BCUT2D eigenvalue weighted by atomic mass is 10.2. The Kier molecular flexibility index (Phi) is 7.89. The molecule has 8 nitrogen and oxygen atoms in total. The van der Waals surface area contributed by atoms with Gasteiger partial charge >= 0.3 is 6.01 Å². The fourth-order valence-electron chi connectivity index (χ4n) is 2.92. The molecule has 2 aromatic carbocycles. The summed E-state index contributed by atoms with van der Waals surface area (Å²) in [6.45, 7) is 4.63. The zero-order valence-electron chi connectivity index (χ0n) is 17.5. The van der Waals surface area contributed by atoms with E-state index < -0.39 is 15.9 Å². The Balaban J connectivity index is 1.73. The molecule has 0 aliphatic heterocycles. The van der Waals surface area contributed by atoms with Crippen LogP contribution in [0.1, 0.15) is 37.0 Å². The molecule has 0 saturated heterocycles. The van der Waals surface area contributed by atoms with E-state index in [1.165, 1.54) is 28.6 Å². The van der Waals surface area contributed by atoms with Gasteiger partial charge in [0.15, 0.2) is 0 Å². The smallest absolute Gasteiger partial charge is 0.322 e. The largest absolute Gasteiger partial charge is 0.403 e. The van der Waals surface area contributed by atoms with Crippen LogP contribution in [0.15, 0.2) is 51.8 Å². The standard InChI is InChI=1S/C21H22Cl2N4O4S/c1-3-5-12-27(4-2)32(29,30)16-9-6-14(7-10-16)19(28)24-21-26-25-20(31-21)17-13-15(22)8-11-18(17)23/h6-11,13H,3-5,12H2,1-2H3,(H,24,26,28). The van der Waals surface area contributed by atoms with Crippen LogP contribution in [0.3, 0.4) is 0 Å². The van der Waals surface area contributed by atoms with E-state index in [1.807, 2.05) is 6.92 Å². The van der Waals surface area contributed by atoms with E-state index in [4.69, 9.17) is 27.6 Å². The second-order valence-corrected chi connectivity index (χ2v) is 9.65. The third kappa shape index (κ3) is 5.47. The van der Waals surface area contributed by atoms with Crippen molar-refractivity contribution in [1.82, 2.24) is 14.5 Å². The molecule has 170 valence electrons. The Morgan fingerprint density at radius 1 is 1.09 bits per heavy atom. The number of benzene rings is 2. The number of hydrogen-bond acceptors (Lipinski definition) is 6. The zero-order valence-corrected chi connectivity index (χ0v) is 19.8. The highest BCUT2D eigenvalue weighted by atomic mass is 35.5. The number of hydrogen-bond donors (Lipinski definition) is 1.